The number of anilines is 1. The third-order valence-electron chi connectivity index (χ3n) is 4.58. The van der Waals surface area contributed by atoms with Gasteiger partial charge in [0.1, 0.15) is 6.04 Å². The molecule has 1 amide bonds. The summed E-state index contributed by atoms with van der Waals surface area (Å²) in [5.74, 6) is -0.103. The number of hydrogen-bond acceptors (Lipinski definition) is 3. The predicted molar refractivity (Wildman–Crippen MR) is 94.8 cm³/mol. The molecule has 1 saturated heterocycles. The van der Waals surface area contributed by atoms with Crippen LogP contribution in [-0.4, -0.2) is 23.4 Å². The molecule has 0 saturated carbocycles. The van der Waals surface area contributed by atoms with Crippen LogP contribution in [0.15, 0.2) is 42.5 Å². The van der Waals surface area contributed by atoms with E-state index in [1.807, 2.05) is 31.2 Å². The van der Waals surface area contributed by atoms with Crippen LogP contribution in [0.5, 0.6) is 0 Å². The summed E-state index contributed by atoms with van der Waals surface area (Å²) in [7, 11) is 0. The minimum atomic E-state index is -4.59. The molecule has 0 radical (unpaired) electrons. The first kappa shape index (κ1) is 18.8. The second-order valence-electron chi connectivity index (χ2n) is 6.60. The molecule has 1 fully saturated rings. The van der Waals surface area contributed by atoms with Gasteiger partial charge in [-0.05, 0) is 37.1 Å². The van der Waals surface area contributed by atoms with Crippen molar-refractivity contribution < 1.29 is 18.0 Å². The molecule has 1 unspecified atom stereocenters. The van der Waals surface area contributed by atoms with Gasteiger partial charge in [0.05, 0.1) is 17.2 Å². The molecule has 3 rings (SSSR count). The van der Waals surface area contributed by atoms with Gasteiger partial charge in [-0.25, -0.2) is 0 Å². The van der Waals surface area contributed by atoms with Crippen molar-refractivity contribution in [1.82, 2.24) is 4.90 Å². The summed E-state index contributed by atoms with van der Waals surface area (Å²) in [6, 6.07) is 12.2. The van der Waals surface area contributed by atoms with Gasteiger partial charge in [-0.2, -0.15) is 18.4 Å². The van der Waals surface area contributed by atoms with Gasteiger partial charge in [0.15, 0.2) is 0 Å². The second-order valence-corrected chi connectivity index (χ2v) is 6.60. The third-order valence-corrected chi connectivity index (χ3v) is 4.58. The maximum absolute atomic E-state index is 12.9. The fraction of sp³-hybridized carbons (Fsp3) is 0.300. The smallest absolute Gasteiger partial charge is 0.374 e. The van der Waals surface area contributed by atoms with Crippen molar-refractivity contribution in [3.63, 3.8) is 0 Å². The Morgan fingerprint density at radius 1 is 1.22 bits per heavy atom. The molecule has 7 heteroatoms. The number of halogens is 3. The third kappa shape index (κ3) is 4.22. The molecule has 1 aliphatic rings. The van der Waals surface area contributed by atoms with Gasteiger partial charge in [-0.1, -0.05) is 29.8 Å². The number of carbonyl (C=O) groups excluding carboxylic acids is 1. The van der Waals surface area contributed by atoms with Gasteiger partial charge >= 0.3 is 6.18 Å². The summed E-state index contributed by atoms with van der Waals surface area (Å²) >= 11 is 0. The van der Waals surface area contributed by atoms with Crippen molar-refractivity contribution in [1.29, 1.82) is 5.26 Å². The summed E-state index contributed by atoms with van der Waals surface area (Å²) in [5, 5.41) is 12.0. The number of rotatable bonds is 4. The van der Waals surface area contributed by atoms with E-state index >= 15 is 0 Å². The van der Waals surface area contributed by atoms with Crippen LogP contribution in [0.4, 0.5) is 18.9 Å². The first-order valence-electron chi connectivity index (χ1n) is 8.50. The highest BCUT2D eigenvalue weighted by molar-refractivity contribution is 5.86. The number of aryl methyl sites for hydroxylation is 1. The average molecular weight is 373 g/mol. The number of nitrogens with zero attached hydrogens (tertiary/aromatic N) is 2. The fourth-order valence-corrected chi connectivity index (χ4v) is 3.12. The minimum Gasteiger partial charge on any atom is -0.374 e. The molecule has 0 aliphatic carbocycles. The van der Waals surface area contributed by atoms with Crippen LogP contribution in [-0.2, 0) is 17.5 Å². The summed E-state index contributed by atoms with van der Waals surface area (Å²) in [6.45, 7) is 3.05. The second kappa shape index (κ2) is 7.31. The Morgan fingerprint density at radius 2 is 1.93 bits per heavy atom. The molecule has 140 valence electrons. The Labute approximate surface area is 155 Å². The zero-order valence-electron chi connectivity index (χ0n) is 14.7. The van der Waals surface area contributed by atoms with E-state index in [0.29, 0.717) is 25.2 Å². The lowest BCUT2D eigenvalue weighted by molar-refractivity contribution is -0.137. The first-order valence-corrected chi connectivity index (χ1v) is 8.50. The molecule has 1 aliphatic heterocycles. The van der Waals surface area contributed by atoms with Crippen molar-refractivity contribution in [2.45, 2.75) is 32.1 Å². The van der Waals surface area contributed by atoms with Crippen LogP contribution in [0.25, 0.3) is 0 Å². The summed E-state index contributed by atoms with van der Waals surface area (Å²) < 4.78 is 38.7. The van der Waals surface area contributed by atoms with Crippen molar-refractivity contribution in [2.75, 3.05) is 11.9 Å². The molecule has 1 heterocycles. The molecule has 0 aromatic heterocycles. The average Bonchev–Trinajstić information content (AvgIpc) is 2.96. The molecule has 27 heavy (non-hydrogen) atoms. The Kier molecular flexibility index (Phi) is 5.08. The Bertz CT molecular complexity index is 885. The molecule has 0 spiro atoms. The van der Waals surface area contributed by atoms with Gasteiger partial charge in [0.25, 0.3) is 0 Å². The van der Waals surface area contributed by atoms with Crippen LogP contribution >= 0.6 is 0 Å². The van der Waals surface area contributed by atoms with Crippen LogP contribution in [0, 0.1) is 18.3 Å². The van der Waals surface area contributed by atoms with E-state index in [1.165, 1.54) is 6.07 Å². The minimum absolute atomic E-state index is 0.103. The normalized spacial score (nSPS) is 17.1. The van der Waals surface area contributed by atoms with Gasteiger partial charge in [-0.3, -0.25) is 4.79 Å². The van der Waals surface area contributed by atoms with Crippen molar-refractivity contribution in [2.24, 2.45) is 0 Å². The lowest BCUT2D eigenvalue weighted by atomic mass is 10.1. The summed E-state index contributed by atoms with van der Waals surface area (Å²) in [6.07, 6.45) is -4.04. The Balaban J connectivity index is 1.69. The van der Waals surface area contributed by atoms with Crippen molar-refractivity contribution >= 4 is 11.6 Å². The molecular weight excluding hydrogens is 355 g/mol. The van der Waals surface area contributed by atoms with E-state index in [2.05, 4.69) is 5.32 Å². The number of carbonyl (C=O) groups is 1. The number of benzene rings is 2. The van der Waals surface area contributed by atoms with Crippen molar-refractivity contribution in [3.05, 3.63) is 64.7 Å². The molecule has 4 nitrogen and oxygen atoms in total. The summed E-state index contributed by atoms with van der Waals surface area (Å²) in [5.41, 5.74) is 1.05. The van der Waals surface area contributed by atoms with Gasteiger partial charge in [-0.15, -0.1) is 0 Å². The van der Waals surface area contributed by atoms with E-state index in [9.17, 15) is 18.0 Å². The van der Waals surface area contributed by atoms with E-state index < -0.39 is 23.3 Å². The van der Waals surface area contributed by atoms with Crippen LogP contribution in [0.2, 0.25) is 0 Å². The quantitative estimate of drug-likeness (QED) is 0.878. The molecule has 2 aromatic rings. The molecule has 1 atom stereocenters. The van der Waals surface area contributed by atoms with E-state index in [1.54, 1.807) is 11.0 Å². The fourth-order valence-electron chi connectivity index (χ4n) is 3.12. The largest absolute Gasteiger partial charge is 0.417 e. The number of amides is 1. The predicted octanol–water partition coefficient (Wildman–Crippen LogP) is 4.10. The topological polar surface area (TPSA) is 56.1 Å². The van der Waals surface area contributed by atoms with Crippen LogP contribution in [0.1, 0.15) is 28.7 Å². The molecule has 0 bridgehead atoms. The Morgan fingerprint density at radius 3 is 2.56 bits per heavy atom. The number of likely N-dealkylation sites (tertiary alicyclic amines) is 1. The maximum Gasteiger partial charge on any atom is 0.417 e. The van der Waals surface area contributed by atoms with E-state index in [4.69, 9.17) is 5.26 Å². The molecule has 2 aromatic carbocycles. The zero-order chi connectivity index (χ0) is 19.6. The molecule has 1 N–H and O–H groups in total. The van der Waals surface area contributed by atoms with Crippen LogP contribution in [0.3, 0.4) is 0 Å². The van der Waals surface area contributed by atoms with Gasteiger partial charge < -0.3 is 10.2 Å². The summed E-state index contributed by atoms with van der Waals surface area (Å²) in [4.78, 5) is 14.3. The number of hydrogen-bond donors (Lipinski definition) is 1. The molecular formula is C20H18F3N3O. The van der Waals surface area contributed by atoms with E-state index in [-0.39, 0.29) is 5.91 Å². The number of nitrogens with one attached hydrogen (secondary N) is 1. The van der Waals surface area contributed by atoms with E-state index in [0.717, 1.165) is 23.3 Å². The van der Waals surface area contributed by atoms with Crippen LogP contribution < -0.4 is 5.32 Å². The standard InChI is InChI=1S/C20H18F3N3O/c1-13-2-4-14(5-3-13)12-26-9-8-18(19(26)27)25-16-6-7-17(20(21,22)23)15(10-16)11-24/h2-7,10,18,25H,8-9,12H2,1H3. The highest BCUT2D eigenvalue weighted by atomic mass is 19.4. The highest BCUT2D eigenvalue weighted by Gasteiger charge is 2.35. The number of nitriles is 1. The Hall–Kier alpha value is -3.01. The van der Waals surface area contributed by atoms with Crippen molar-refractivity contribution in [3.8, 4) is 6.07 Å². The maximum atomic E-state index is 12.9. The van der Waals surface area contributed by atoms with Gasteiger partial charge in [0, 0.05) is 18.8 Å². The lowest BCUT2D eigenvalue weighted by Gasteiger charge is -2.18. The number of alkyl halides is 3. The SMILES string of the molecule is Cc1ccc(CN2CCC(Nc3ccc(C(F)(F)F)c(C#N)c3)C2=O)cc1. The highest BCUT2D eigenvalue weighted by Crippen LogP contribution is 2.33. The lowest BCUT2D eigenvalue weighted by Crippen LogP contribution is -2.33. The zero-order valence-corrected chi connectivity index (χ0v) is 14.7. The van der Waals surface area contributed by atoms with Gasteiger partial charge in [0.2, 0.25) is 5.91 Å². The first-order chi connectivity index (χ1) is 12.8. The monoisotopic (exact) mass is 373 g/mol.